The van der Waals surface area contributed by atoms with E-state index in [1.165, 1.54) is 5.56 Å². The van der Waals surface area contributed by atoms with Gasteiger partial charge in [-0.15, -0.1) is 0 Å². The zero-order valence-corrected chi connectivity index (χ0v) is 12.1. The predicted octanol–water partition coefficient (Wildman–Crippen LogP) is 1.78. The second-order valence-electron chi connectivity index (χ2n) is 5.17. The van der Waals surface area contributed by atoms with Gasteiger partial charge in [0.25, 0.3) is 5.91 Å². The molecule has 0 radical (unpaired) electrons. The first-order valence-corrected chi connectivity index (χ1v) is 6.66. The molecule has 106 valence electrons. The maximum Gasteiger partial charge on any atom is 0.269 e. The number of amides is 1. The van der Waals surface area contributed by atoms with E-state index in [0.717, 1.165) is 17.8 Å². The van der Waals surface area contributed by atoms with Crippen LogP contribution in [-0.2, 0) is 6.54 Å². The van der Waals surface area contributed by atoms with Gasteiger partial charge in [0.05, 0.1) is 5.69 Å². The van der Waals surface area contributed by atoms with Gasteiger partial charge in [-0.3, -0.25) is 4.79 Å². The summed E-state index contributed by atoms with van der Waals surface area (Å²) in [6.07, 6.45) is 1.74. The lowest BCUT2D eigenvalue weighted by Crippen LogP contribution is -2.21. The van der Waals surface area contributed by atoms with Gasteiger partial charge in [-0.25, -0.2) is 4.68 Å². The van der Waals surface area contributed by atoms with Gasteiger partial charge in [-0.2, -0.15) is 5.10 Å². The number of aryl methyl sites for hydroxylation is 1. The Morgan fingerprint density at radius 2 is 2.15 bits per heavy atom. The summed E-state index contributed by atoms with van der Waals surface area (Å²) in [6, 6.07) is 8.26. The molecule has 0 atom stereocenters. The first kappa shape index (κ1) is 14.3. The highest BCUT2D eigenvalue weighted by Gasteiger charge is 2.08. The van der Waals surface area contributed by atoms with Gasteiger partial charge < -0.3 is 11.1 Å². The molecule has 0 saturated carbocycles. The summed E-state index contributed by atoms with van der Waals surface area (Å²) >= 11 is 0. The molecule has 3 N–H and O–H groups in total. The standard InChI is InChI=1S/C15H20N4O/c1-10(2)17-9-12-4-5-14(11(3)8-12)19-7-6-13(18-19)15(16)20/h4-8,10,17H,9H2,1-3H3,(H2,16,20). The molecule has 0 fully saturated rings. The molecule has 2 aromatic rings. The third kappa shape index (κ3) is 3.24. The maximum atomic E-state index is 11.1. The monoisotopic (exact) mass is 272 g/mol. The van der Waals surface area contributed by atoms with Crippen molar-refractivity contribution in [2.45, 2.75) is 33.4 Å². The van der Waals surface area contributed by atoms with Crippen LogP contribution in [0.15, 0.2) is 30.5 Å². The maximum absolute atomic E-state index is 11.1. The Morgan fingerprint density at radius 3 is 2.70 bits per heavy atom. The molecule has 5 nitrogen and oxygen atoms in total. The molecule has 1 amide bonds. The Morgan fingerprint density at radius 1 is 1.40 bits per heavy atom. The number of carbonyl (C=O) groups excluding carboxylic acids is 1. The van der Waals surface area contributed by atoms with Crippen molar-refractivity contribution in [2.24, 2.45) is 5.73 Å². The normalized spacial score (nSPS) is 11.0. The van der Waals surface area contributed by atoms with Gasteiger partial charge in [0.1, 0.15) is 5.69 Å². The third-order valence-corrected chi connectivity index (χ3v) is 3.06. The van der Waals surface area contributed by atoms with Crippen LogP contribution in [0.1, 0.15) is 35.5 Å². The van der Waals surface area contributed by atoms with Crippen molar-refractivity contribution in [2.75, 3.05) is 0 Å². The van der Waals surface area contributed by atoms with E-state index in [2.05, 4.69) is 36.4 Å². The number of benzene rings is 1. The summed E-state index contributed by atoms with van der Waals surface area (Å²) in [4.78, 5) is 11.1. The van der Waals surface area contributed by atoms with Crippen molar-refractivity contribution in [3.8, 4) is 5.69 Å². The Bertz CT molecular complexity index is 616. The fourth-order valence-electron chi connectivity index (χ4n) is 2.00. The van der Waals surface area contributed by atoms with Crippen molar-refractivity contribution in [1.82, 2.24) is 15.1 Å². The zero-order chi connectivity index (χ0) is 14.7. The molecule has 5 heteroatoms. The van der Waals surface area contributed by atoms with Crippen LogP contribution >= 0.6 is 0 Å². The van der Waals surface area contributed by atoms with E-state index in [0.29, 0.717) is 6.04 Å². The minimum absolute atomic E-state index is 0.273. The van der Waals surface area contributed by atoms with Gasteiger partial charge >= 0.3 is 0 Å². The highest BCUT2D eigenvalue weighted by Crippen LogP contribution is 2.15. The smallest absolute Gasteiger partial charge is 0.269 e. The number of nitrogens with zero attached hydrogens (tertiary/aromatic N) is 2. The Balaban J connectivity index is 2.22. The summed E-state index contributed by atoms with van der Waals surface area (Å²) in [5.74, 6) is -0.515. The van der Waals surface area contributed by atoms with Crippen molar-refractivity contribution >= 4 is 5.91 Å². The zero-order valence-electron chi connectivity index (χ0n) is 12.1. The largest absolute Gasteiger partial charge is 0.364 e. The molecule has 0 spiro atoms. The second-order valence-corrected chi connectivity index (χ2v) is 5.17. The quantitative estimate of drug-likeness (QED) is 0.871. The van der Waals surface area contributed by atoms with Crippen molar-refractivity contribution in [3.05, 3.63) is 47.3 Å². The molecular weight excluding hydrogens is 252 g/mol. The summed E-state index contributed by atoms with van der Waals surface area (Å²) in [5, 5.41) is 7.55. The first-order valence-electron chi connectivity index (χ1n) is 6.66. The molecule has 0 saturated heterocycles. The van der Waals surface area contributed by atoms with Crippen LogP contribution in [0, 0.1) is 6.92 Å². The molecule has 0 aliphatic carbocycles. The lowest BCUT2D eigenvalue weighted by Gasteiger charge is -2.11. The minimum Gasteiger partial charge on any atom is -0.364 e. The van der Waals surface area contributed by atoms with Gasteiger partial charge in [-0.05, 0) is 30.2 Å². The lowest BCUT2D eigenvalue weighted by molar-refractivity contribution is 0.0995. The predicted molar refractivity (Wildman–Crippen MR) is 78.8 cm³/mol. The Labute approximate surface area is 118 Å². The molecule has 1 aromatic carbocycles. The first-order chi connectivity index (χ1) is 9.47. The minimum atomic E-state index is -0.515. The van der Waals surface area contributed by atoms with E-state index in [-0.39, 0.29) is 5.69 Å². The number of hydrogen-bond donors (Lipinski definition) is 2. The van der Waals surface area contributed by atoms with Crippen LogP contribution in [-0.4, -0.2) is 21.7 Å². The van der Waals surface area contributed by atoms with Gasteiger partial charge in [0.15, 0.2) is 0 Å². The summed E-state index contributed by atoms with van der Waals surface area (Å²) in [6.45, 7) is 7.11. The van der Waals surface area contributed by atoms with Crippen LogP contribution in [0.5, 0.6) is 0 Å². The average molecular weight is 272 g/mol. The number of nitrogens with one attached hydrogen (secondary N) is 1. The van der Waals surface area contributed by atoms with E-state index >= 15 is 0 Å². The molecular formula is C15H20N4O. The SMILES string of the molecule is Cc1cc(CNC(C)C)ccc1-n1ccc(C(N)=O)n1. The van der Waals surface area contributed by atoms with Crippen LogP contribution in [0.3, 0.4) is 0 Å². The summed E-state index contributed by atoms with van der Waals surface area (Å²) in [7, 11) is 0. The number of rotatable bonds is 5. The van der Waals surface area contributed by atoms with Crippen LogP contribution in [0.25, 0.3) is 5.69 Å². The van der Waals surface area contributed by atoms with Crippen LogP contribution in [0.2, 0.25) is 0 Å². The summed E-state index contributed by atoms with van der Waals surface area (Å²) in [5.41, 5.74) is 8.76. The molecule has 2 rings (SSSR count). The molecule has 0 aliphatic heterocycles. The molecule has 0 bridgehead atoms. The number of carbonyl (C=O) groups is 1. The second kappa shape index (κ2) is 5.88. The fraction of sp³-hybridized carbons (Fsp3) is 0.333. The van der Waals surface area contributed by atoms with E-state index < -0.39 is 5.91 Å². The Hall–Kier alpha value is -2.14. The lowest BCUT2D eigenvalue weighted by atomic mass is 10.1. The fourth-order valence-corrected chi connectivity index (χ4v) is 2.00. The van der Waals surface area contributed by atoms with Crippen LogP contribution in [0.4, 0.5) is 0 Å². The van der Waals surface area contributed by atoms with Gasteiger partial charge in [0, 0.05) is 18.8 Å². The molecule has 0 aliphatic rings. The topological polar surface area (TPSA) is 72.9 Å². The molecule has 1 heterocycles. The van der Waals surface area contributed by atoms with E-state index in [1.54, 1.807) is 16.9 Å². The summed E-state index contributed by atoms with van der Waals surface area (Å²) < 4.78 is 1.68. The molecule has 0 unspecified atom stereocenters. The van der Waals surface area contributed by atoms with Crippen molar-refractivity contribution < 1.29 is 4.79 Å². The average Bonchev–Trinajstić information content (AvgIpc) is 2.86. The van der Waals surface area contributed by atoms with Gasteiger partial charge in [0.2, 0.25) is 0 Å². The number of primary amides is 1. The Kier molecular flexibility index (Phi) is 4.20. The van der Waals surface area contributed by atoms with Crippen molar-refractivity contribution in [3.63, 3.8) is 0 Å². The number of hydrogen-bond acceptors (Lipinski definition) is 3. The molecule has 1 aromatic heterocycles. The van der Waals surface area contributed by atoms with Crippen molar-refractivity contribution in [1.29, 1.82) is 0 Å². The highest BCUT2D eigenvalue weighted by atomic mass is 16.1. The van der Waals surface area contributed by atoms with Crippen LogP contribution < -0.4 is 11.1 Å². The third-order valence-electron chi connectivity index (χ3n) is 3.06. The number of nitrogens with two attached hydrogens (primary N) is 1. The van der Waals surface area contributed by atoms with Gasteiger partial charge in [-0.1, -0.05) is 26.0 Å². The number of aromatic nitrogens is 2. The highest BCUT2D eigenvalue weighted by molar-refractivity contribution is 5.90. The van der Waals surface area contributed by atoms with E-state index in [4.69, 9.17) is 5.73 Å². The van der Waals surface area contributed by atoms with E-state index in [1.807, 2.05) is 13.0 Å². The molecule has 20 heavy (non-hydrogen) atoms. The van der Waals surface area contributed by atoms with E-state index in [9.17, 15) is 4.79 Å².